The summed E-state index contributed by atoms with van der Waals surface area (Å²) in [5, 5.41) is 6.79. The molecule has 0 spiro atoms. The van der Waals surface area contributed by atoms with Gasteiger partial charge in [-0.25, -0.2) is 9.98 Å². The summed E-state index contributed by atoms with van der Waals surface area (Å²) in [6, 6.07) is 8.64. The minimum absolute atomic E-state index is 0. The lowest BCUT2D eigenvalue weighted by molar-refractivity contribution is 0.120. The summed E-state index contributed by atoms with van der Waals surface area (Å²) in [4.78, 5) is 14.2. The topological polar surface area (TPSA) is 68.9 Å². The summed E-state index contributed by atoms with van der Waals surface area (Å²) >= 11 is 0. The summed E-state index contributed by atoms with van der Waals surface area (Å²) in [6.07, 6.45) is 1.69. The lowest BCUT2D eigenvalue weighted by atomic mass is 10.1. The fourth-order valence-electron chi connectivity index (χ4n) is 3.35. The van der Waals surface area contributed by atoms with Gasteiger partial charge in [-0.3, -0.25) is 4.90 Å². The molecule has 166 valence electrons. The van der Waals surface area contributed by atoms with Gasteiger partial charge >= 0.3 is 0 Å². The van der Waals surface area contributed by atoms with Crippen molar-refractivity contribution >= 4 is 29.9 Å². The van der Waals surface area contributed by atoms with Crippen LogP contribution in [0, 0.1) is 6.92 Å². The molecule has 1 atom stereocenters. The zero-order valence-corrected chi connectivity index (χ0v) is 20.8. The number of hydrogen-bond donors (Lipinski definition) is 2. The fraction of sp³-hybridized carbons (Fsp3) is 0.545. The van der Waals surface area contributed by atoms with E-state index in [9.17, 15) is 0 Å². The largest absolute Gasteiger partial charge is 0.444 e. The van der Waals surface area contributed by atoms with Crippen LogP contribution in [0.4, 0.5) is 0 Å². The van der Waals surface area contributed by atoms with Crippen LogP contribution in [-0.2, 0) is 6.54 Å². The van der Waals surface area contributed by atoms with Gasteiger partial charge in [-0.15, -0.1) is 24.0 Å². The monoisotopic (exact) mass is 526 g/mol. The zero-order valence-electron chi connectivity index (χ0n) is 18.5. The number of halogens is 1. The highest BCUT2D eigenvalue weighted by atomic mass is 127. The molecule has 1 fully saturated rings. The van der Waals surface area contributed by atoms with Crippen LogP contribution in [0.3, 0.4) is 0 Å². The molecule has 3 rings (SSSR count). The molecule has 1 aliphatic rings. The van der Waals surface area contributed by atoms with Crippen LogP contribution < -0.4 is 10.6 Å². The average molecular weight is 526 g/mol. The number of likely N-dealkylation sites (N-methyl/N-ethyl adjacent to an activating group) is 1. The van der Waals surface area contributed by atoms with Crippen molar-refractivity contribution in [2.45, 2.75) is 33.4 Å². The van der Waals surface area contributed by atoms with Crippen LogP contribution in [0.5, 0.6) is 0 Å². The summed E-state index contributed by atoms with van der Waals surface area (Å²) < 4.78 is 5.64. The van der Waals surface area contributed by atoms with Crippen molar-refractivity contribution in [2.75, 3.05) is 46.3 Å². The van der Waals surface area contributed by atoms with Gasteiger partial charge in [-0.05, 0) is 40.0 Å². The van der Waals surface area contributed by atoms with Crippen molar-refractivity contribution in [1.29, 1.82) is 0 Å². The van der Waals surface area contributed by atoms with Gasteiger partial charge in [0, 0.05) is 50.9 Å². The molecule has 0 radical (unpaired) electrons. The number of guanidine groups is 1. The number of oxazole rings is 1. The van der Waals surface area contributed by atoms with E-state index < -0.39 is 0 Å². The predicted octanol–water partition coefficient (Wildman–Crippen LogP) is 2.96. The molecular weight excluding hydrogens is 491 g/mol. The lowest BCUT2D eigenvalue weighted by Crippen LogP contribution is -2.52. The third-order valence-corrected chi connectivity index (χ3v) is 5.32. The Balaban J connectivity index is 0.00000320. The third kappa shape index (κ3) is 7.24. The van der Waals surface area contributed by atoms with E-state index in [1.807, 2.05) is 12.1 Å². The van der Waals surface area contributed by atoms with Crippen LogP contribution in [0.1, 0.15) is 25.1 Å². The van der Waals surface area contributed by atoms with Gasteiger partial charge in [-0.2, -0.15) is 0 Å². The summed E-state index contributed by atoms with van der Waals surface area (Å²) in [5.74, 6) is 1.45. The van der Waals surface area contributed by atoms with Gasteiger partial charge in [0.25, 0.3) is 0 Å². The first-order valence-electron chi connectivity index (χ1n) is 10.5. The predicted molar refractivity (Wildman–Crippen MR) is 133 cm³/mol. The first-order valence-corrected chi connectivity index (χ1v) is 10.5. The molecule has 1 aromatic carbocycles. The molecule has 0 amide bonds. The van der Waals surface area contributed by atoms with E-state index >= 15 is 0 Å². The van der Waals surface area contributed by atoms with Crippen molar-refractivity contribution in [3.05, 3.63) is 41.8 Å². The number of nitrogens with one attached hydrogen (secondary N) is 2. The van der Waals surface area contributed by atoms with E-state index in [-0.39, 0.29) is 24.0 Å². The molecule has 2 aromatic rings. The number of aromatic nitrogens is 1. The molecular formula is C22H35IN6O. The molecule has 1 saturated heterocycles. The zero-order chi connectivity index (χ0) is 20.6. The lowest BCUT2D eigenvalue weighted by Gasteiger charge is -2.36. The Morgan fingerprint density at radius 2 is 1.87 bits per heavy atom. The van der Waals surface area contributed by atoms with Gasteiger partial charge in [0.05, 0.1) is 6.54 Å². The van der Waals surface area contributed by atoms with E-state index in [0.717, 1.165) is 56.5 Å². The van der Waals surface area contributed by atoms with Gasteiger partial charge in [0.15, 0.2) is 5.96 Å². The Morgan fingerprint density at radius 3 is 2.53 bits per heavy atom. The highest BCUT2D eigenvalue weighted by Crippen LogP contribution is 2.19. The average Bonchev–Trinajstić information content (AvgIpc) is 3.20. The normalized spacial score (nSPS) is 16.7. The second kappa shape index (κ2) is 12.3. The van der Waals surface area contributed by atoms with Crippen molar-refractivity contribution in [3.63, 3.8) is 0 Å². The van der Waals surface area contributed by atoms with Gasteiger partial charge < -0.3 is 20.0 Å². The van der Waals surface area contributed by atoms with Crippen LogP contribution >= 0.6 is 24.0 Å². The van der Waals surface area contributed by atoms with Gasteiger partial charge in [0.2, 0.25) is 5.89 Å². The fourth-order valence-corrected chi connectivity index (χ4v) is 3.35. The number of benzene rings is 1. The SMILES string of the molecule is CCNC(=NCc1coc(-c2ccc(C)cc2)n1)NCC(C)N1CCN(C)CC1.I. The first-order chi connectivity index (χ1) is 14.0. The summed E-state index contributed by atoms with van der Waals surface area (Å²) in [6.45, 7) is 13.1. The van der Waals surface area contributed by atoms with E-state index in [0.29, 0.717) is 18.5 Å². The van der Waals surface area contributed by atoms with Crippen molar-refractivity contribution in [2.24, 2.45) is 4.99 Å². The number of aliphatic imine (C=N–C) groups is 1. The number of piperazine rings is 1. The highest BCUT2D eigenvalue weighted by molar-refractivity contribution is 14.0. The number of nitrogens with zero attached hydrogens (tertiary/aromatic N) is 4. The maximum Gasteiger partial charge on any atom is 0.226 e. The Bertz CT molecular complexity index is 783. The van der Waals surface area contributed by atoms with Crippen LogP contribution in [0.25, 0.3) is 11.5 Å². The molecule has 0 aliphatic carbocycles. The number of hydrogen-bond acceptors (Lipinski definition) is 5. The molecule has 7 nitrogen and oxygen atoms in total. The molecule has 30 heavy (non-hydrogen) atoms. The molecule has 1 aliphatic heterocycles. The minimum atomic E-state index is 0. The van der Waals surface area contributed by atoms with Crippen LogP contribution in [0.2, 0.25) is 0 Å². The number of rotatable bonds is 7. The van der Waals surface area contributed by atoms with E-state index in [4.69, 9.17) is 4.42 Å². The number of aryl methyl sites for hydroxylation is 1. The molecule has 0 saturated carbocycles. The smallest absolute Gasteiger partial charge is 0.226 e. The molecule has 0 bridgehead atoms. The third-order valence-electron chi connectivity index (χ3n) is 5.32. The minimum Gasteiger partial charge on any atom is -0.444 e. The second-order valence-electron chi connectivity index (χ2n) is 7.77. The Hall–Kier alpha value is -1.65. The highest BCUT2D eigenvalue weighted by Gasteiger charge is 2.19. The molecule has 8 heteroatoms. The Labute approximate surface area is 197 Å². The quantitative estimate of drug-likeness (QED) is 0.329. The maximum absolute atomic E-state index is 5.64. The Kier molecular flexibility index (Phi) is 10.1. The maximum atomic E-state index is 5.64. The van der Waals surface area contributed by atoms with Crippen molar-refractivity contribution in [1.82, 2.24) is 25.4 Å². The van der Waals surface area contributed by atoms with E-state index in [1.165, 1.54) is 5.56 Å². The summed E-state index contributed by atoms with van der Waals surface area (Å²) in [5.41, 5.74) is 3.03. The molecule has 1 aromatic heterocycles. The van der Waals surface area contributed by atoms with E-state index in [1.54, 1.807) is 6.26 Å². The molecule has 2 N–H and O–H groups in total. The summed E-state index contributed by atoms with van der Waals surface area (Å²) in [7, 11) is 2.18. The first kappa shape index (κ1) is 24.6. The van der Waals surface area contributed by atoms with Gasteiger partial charge in [-0.1, -0.05) is 17.7 Å². The van der Waals surface area contributed by atoms with Crippen molar-refractivity contribution in [3.8, 4) is 11.5 Å². The second-order valence-corrected chi connectivity index (χ2v) is 7.77. The Morgan fingerprint density at radius 1 is 1.17 bits per heavy atom. The van der Waals surface area contributed by atoms with Crippen LogP contribution in [-0.4, -0.2) is 73.1 Å². The molecule has 2 heterocycles. The van der Waals surface area contributed by atoms with Crippen LogP contribution in [0.15, 0.2) is 39.9 Å². The van der Waals surface area contributed by atoms with Gasteiger partial charge in [0.1, 0.15) is 12.0 Å². The van der Waals surface area contributed by atoms with E-state index in [2.05, 4.69) is 70.4 Å². The molecule has 1 unspecified atom stereocenters. The van der Waals surface area contributed by atoms with Crippen molar-refractivity contribution < 1.29 is 4.42 Å². The standard InChI is InChI=1S/C22H34N6O.HI/c1-5-23-22(24-14-18(3)28-12-10-27(4)11-13-28)25-15-20-16-29-21(26-20)19-8-6-17(2)7-9-19;/h6-9,16,18H,5,10-15H2,1-4H3,(H2,23,24,25);1H.